The van der Waals surface area contributed by atoms with E-state index in [4.69, 9.17) is 0 Å². The average Bonchev–Trinajstić information content (AvgIpc) is 2.71. The maximum absolute atomic E-state index is 11.9. The van der Waals surface area contributed by atoms with E-state index in [-0.39, 0.29) is 5.91 Å². The Morgan fingerprint density at radius 2 is 1.94 bits per heavy atom. The fraction of sp³-hybridized carbons (Fsp3) is 0.167. The predicted octanol–water partition coefficient (Wildman–Crippen LogP) is 2.34. The van der Waals surface area contributed by atoms with E-state index in [9.17, 15) is 4.79 Å². The lowest BCUT2D eigenvalue weighted by Gasteiger charge is -2.09. The fourth-order valence-corrected chi connectivity index (χ4v) is 2.04. The van der Waals surface area contributed by atoms with Crippen molar-refractivity contribution in [2.75, 3.05) is 14.1 Å². The van der Waals surface area contributed by atoms with Gasteiger partial charge in [-0.25, -0.2) is 4.68 Å². The molecule has 0 spiro atoms. The van der Waals surface area contributed by atoms with Crippen molar-refractivity contribution >= 4 is 21.8 Å². The summed E-state index contributed by atoms with van der Waals surface area (Å²) in [6.07, 6.45) is 1.57. The maximum atomic E-state index is 11.9. The van der Waals surface area contributed by atoms with Crippen LogP contribution in [0.1, 0.15) is 10.4 Å². The number of benzene rings is 1. The molecule has 0 aliphatic heterocycles. The van der Waals surface area contributed by atoms with Gasteiger partial charge in [-0.05, 0) is 28.1 Å². The van der Waals surface area contributed by atoms with Crippen LogP contribution < -0.4 is 0 Å². The minimum Gasteiger partial charge on any atom is -0.345 e. The first-order chi connectivity index (χ1) is 8.11. The Labute approximate surface area is 108 Å². The molecular formula is C12H12BrN3O. The van der Waals surface area contributed by atoms with Crippen molar-refractivity contribution in [2.45, 2.75) is 0 Å². The number of hydrogen-bond acceptors (Lipinski definition) is 2. The van der Waals surface area contributed by atoms with Crippen LogP contribution in [0, 0.1) is 0 Å². The third-order valence-corrected chi connectivity index (χ3v) is 3.11. The lowest BCUT2D eigenvalue weighted by molar-refractivity contribution is 0.0826. The Morgan fingerprint density at radius 1 is 1.29 bits per heavy atom. The fourth-order valence-electron chi connectivity index (χ4n) is 1.47. The number of carbonyl (C=O) groups is 1. The summed E-state index contributed by atoms with van der Waals surface area (Å²) in [4.78, 5) is 13.4. The first kappa shape index (κ1) is 11.9. The van der Waals surface area contributed by atoms with Crippen molar-refractivity contribution in [3.63, 3.8) is 0 Å². The zero-order chi connectivity index (χ0) is 12.4. The summed E-state index contributed by atoms with van der Waals surface area (Å²) in [7, 11) is 3.43. The first-order valence-electron chi connectivity index (χ1n) is 5.12. The van der Waals surface area contributed by atoms with Crippen LogP contribution in [0.3, 0.4) is 0 Å². The van der Waals surface area contributed by atoms with Gasteiger partial charge >= 0.3 is 0 Å². The summed E-state index contributed by atoms with van der Waals surface area (Å²) in [5, 5.41) is 4.21. The van der Waals surface area contributed by atoms with Crippen LogP contribution >= 0.6 is 15.9 Å². The lowest BCUT2D eigenvalue weighted by Crippen LogP contribution is -2.21. The van der Waals surface area contributed by atoms with Gasteiger partial charge in [0, 0.05) is 14.1 Å². The number of rotatable bonds is 2. The summed E-state index contributed by atoms with van der Waals surface area (Å²) in [6.45, 7) is 0. The standard InChI is InChI=1S/C12H12BrN3O/c1-15(2)12(17)10-8-14-16(11(10)13)9-6-4-3-5-7-9/h3-8H,1-2H3. The van der Waals surface area contributed by atoms with Gasteiger partial charge in [-0.1, -0.05) is 18.2 Å². The van der Waals surface area contributed by atoms with Crippen LogP contribution in [0.5, 0.6) is 0 Å². The molecule has 1 amide bonds. The molecule has 0 radical (unpaired) electrons. The molecular weight excluding hydrogens is 282 g/mol. The average molecular weight is 294 g/mol. The lowest BCUT2D eigenvalue weighted by atomic mass is 10.3. The predicted molar refractivity (Wildman–Crippen MR) is 69.3 cm³/mol. The largest absolute Gasteiger partial charge is 0.345 e. The van der Waals surface area contributed by atoms with Crippen LogP contribution in [0.2, 0.25) is 0 Å². The molecule has 0 aliphatic rings. The molecule has 0 saturated carbocycles. The first-order valence-corrected chi connectivity index (χ1v) is 5.91. The smallest absolute Gasteiger partial charge is 0.257 e. The van der Waals surface area contributed by atoms with Gasteiger partial charge in [0.05, 0.1) is 17.4 Å². The van der Waals surface area contributed by atoms with Gasteiger partial charge < -0.3 is 4.90 Å². The number of halogens is 1. The molecule has 2 aromatic rings. The minimum absolute atomic E-state index is 0.0703. The second-order valence-corrected chi connectivity index (χ2v) is 4.55. The van der Waals surface area contributed by atoms with E-state index in [1.165, 1.54) is 4.90 Å². The highest BCUT2D eigenvalue weighted by atomic mass is 79.9. The van der Waals surface area contributed by atoms with Crippen molar-refractivity contribution in [3.05, 3.63) is 46.7 Å². The Bertz CT molecular complexity index is 534. The van der Waals surface area contributed by atoms with Gasteiger partial charge in [0.2, 0.25) is 0 Å². The molecule has 0 N–H and O–H groups in total. The van der Waals surface area contributed by atoms with Gasteiger partial charge in [0.25, 0.3) is 5.91 Å². The zero-order valence-corrected chi connectivity index (χ0v) is 11.2. The summed E-state index contributed by atoms with van der Waals surface area (Å²) >= 11 is 3.41. The van der Waals surface area contributed by atoms with Crippen LogP contribution in [0.25, 0.3) is 5.69 Å². The van der Waals surface area contributed by atoms with Gasteiger partial charge in [-0.3, -0.25) is 4.79 Å². The molecule has 88 valence electrons. The minimum atomic E-state index is -0.0703. The molecule has 2 rings (SSSR count). The molecule has 0 fully saturated rings. The molecule has 5 heteroatoms. The molecule has 1 aromatic carbocycles. The van der Waals surface area contributed by atoms with Gasteiger partial charge in [-0.2, -0.15) is 5.10 Å². The normalized spacial score (nSPS) is 10.3. The van der Waals surface area contributed by atoms with E-state index in [1.54, 1.807) is 25.0 Å². The summed E-state index contributed by atoms with van der Waals surface area (Å²) in [6, 6.07) is 9.66. The number of aromatic nitrogens is 2. The zero-order valence-electron chi connectivity index (χ0n) is 9.59. The quantitative estimate of drug-likeness (QED) is 0.852. The van der Waals surface area contributed by atoms with Crippen LogP contribution in [-0.4, -0.2) is 34.7 Å². The topological polar surface area (TPSA) is 38.1 Å². The van der Waals surface area contributed by atoms with Gasteiger partial charge in [-0.15, -0.1) is 0 Å². The van der Waals surface area contributed by atoms with Crippen LogP contribution in [-0.2, 0) is 0 Å². The molecule has 17 heavy (non-hydrogen) atoms. The van der Waals surface area contributed by atoms with E-state index in [0.29, 0.717) is 10.2 Å². The summed E-state index contributed by atoms with van der Waals surface area (Å²) < 4.78 is 2.36. The molecule has 0 atom stereocenters. The van der Waals surface area contributed by atoms with E-state index < -0.39 is 0 Å². The van der Waals surface area contributed by atoms with E-state index in [2.05, 4.69) is 21.0 Å². The van der Waals surface area contributed by atoms with Crippen molar-refractivity contribution in [2.24, 2.45) is 0 Å². The highest BCUT2D eigenvalue weighted by molar-refractivity contribution is 9.10. The maximum Gasteiger partial charge on any atom is 0.257 e. The van der Waals surface area contributed by atoms with Crippen LogP contribution in [0.15, 0.2) is 41.1 Å². The molecule has 1 heterocycles. The van der Waals surface area contributed by atoms with E-state index in [0.717, 1.165) is 5.69 Å². The second kappa shape index (κ2) is 4.71. The van der Waals surface area contributed by atoms with Crippen molar-refractivity contribution in [3.8, 4) is 5.69 Å². The SMILES string of the molecule is CN(C)C(=O)c1cnn(-c2ccccc2)c1Br. The monoisotopic (exact) mass is 293 g/mol. The summed E-state index contributed by atoms with van der Waals surface area (Å²) in [5.74, 6) is -0.0703. The second-order valence-electron chi connectivity index (χ2n) is 3.80. The molecule has 0 saturated heterocycles. The van der Waals surface area contributed by atoms with E-state index >= 15 is 0 Å². The van der Waals surface area contributed by atoms with Crippen molar-refractivity contribution in [1.29, 1.82) is 0 Å². The van der Waals surface area contributed by atoms with Crippen molar-refractivity contribution < 1.29 is 4.79 Å². The Morgan fingerprint density at radius 3 is 2.53 bits per heavy atom. The number of amides is 1. The molecule has 4 nitrogen and oxygen atoms in total. The molecule has 0 aliphatic carbocycles. The van der Waals surface area contributed by atoms with E-state index in [1.807, 2.05) is 30.3 Å². The van der Waals surface area contributed by atoms with Crippen molar-refractivity contribution in [1.82, 2.24) is 14.7 Å². The third kappa shape index (κ3) is 2.24. The molecule has 1 aromatic heterocycles. The summed E-state index contributed by atoms with van der Waals surface area (Å²) in [5.41, 5.74) is 1.47. The number of para-hydroxylation sites is 1. The Balaban J connectivity index is 2.44. The number of hydrogen-bond donors (Lipinski definition) is 0. The molecule has 0 bridgehead atoms. The number of nitrogens with zero attached hydrogens (tertiary/aromatic N) is 3. The highest BCUT2D eigenvalue weighted by Crippen LogP contribution is 2.21. The van der Waals surface area contributed by atoms with Gasteiger partial charge in [0.1, 0.15) is 4.60 Å². The third-order valence-electron chi connectivity index (χ3n) is 2.35. The molecule has 0 unspecified atom stereocenters. The Hall–Kier alpha value is -1.62. The van der Waals surface area contributed by atoms with Crippen LogP contribution in [0.4, 0.5) is 0 Å². The highest BCUT2D eigenvalue weighted by Gasteiger charge is 2.17. The Kier molecular flexibility index (Phi) is 3.28. The number of carbonyl (C=O) groups excluding carboxylic acids is 1. The van der Waals surface area contributed by atoms with Gasteiger partial charge in [0.15, 0.2) is 0 Å².